The standard InChI is InChI=1S/C13H10N2O3S3/c1-18-9(16)6-21-13-14-11(17)10-7(5-20-12(10)15-13)8-3-2-4-19-8/h2-5H,6H2,1H3,(H,14,15,17). The summed E-state index contributed by atoms with van der Waals surface area (Å²) in [5.74, 6) is -0.234. The zero-order valence-electron chi connectivity index (χ0n) is 10.9. The van der Waals surface area contributed by atoms with Gasteiger partial charge in [0, 0.05) is 15.8 Å². The smallest absolute Gasteiger partial charge is 0.316 e. The van der Waals surface area contributed by atoms with Gasteiger partial charge >= 0.3 is 5.97 Å². The number of carbonyl (C=O) groups is 1. The summed E-state index contributed by atoms with van der Waals surface area (Å²) in [7, 11) is 1.33. The Bertz CT molecular complexity index is 836. The Hall–Kier alpha value is -1.64. The van der Waals surface area contributed by atoms with Gasteiger partial charge in [-0.05, 0) is 11.4 Å². The van der Waals surface area contributed by atoms with Crippen molar-refractivity contribution in [3.8, 4) is 10.4 Å². The normalized spacial score (nSPS) is 10.9. The molecule has 8 heteroatoms. The van der Waals surface area contributed by atoms with Crippen LogP contribution in [0.1, 0.15) is 0 Å². The van der Waals surface area contributed by atoms with Crippen LogP contribution in [0.15, 0.2) is 32.8 Å². The van der Waals surface area contributed by atoms with E-state index >= 15 is 0 Å². The van der Waals surface area contributed by atoms with Gasteiger partial charge in [-0.3, -0.25) is 9.59 Å². The maximum absolute atomic E-state index is 12.3. The Balaban J connectivity index is 1.99. The van der Waals surface area contributed by atoms with E-state index in [1.54, 1.807) is 11.3 Å². The number of rotatable bonds is 4. The Kier molecular flexibility index (Phi) is 4.09. The Morgan fingerprint density at radius 3 is 3.05 bits per heavy atom. The van der Waals surface area contributed by atoms with Crippen LogP contribution in [0.5, 0.6) is 0 Å². The molecule has 0 fully saturated rings. The number of thioether (sulfide) groups is 1. The molecule has 5 nitrogen and oxygen atoms in total. The number of aromatic amines is 1. The van der Waals surface area contributed by atoms with Gasteiger partial charge in [0.25, 0.3) is 5.56 Å². The summed E-state index contributed by atoms with van der Waals surface area (Å²) in [5, 5.41) is 4.94. The number of nitrogens with one attached hydrogen (secondary N) is 1. The van der Waals surface area contributed by atoms with Crippen LogP contribution < -0.4 is 5.56 Å². The summed E-state index contributed by atoms with van der Waals surface area (Å²) in [6.07, 6.45) is 0. The first kappa shape index (κ1) is 14.3. The fourth-order valence-electron chi connectivity index (χ4n) is 1.80. The predicted octanol–water partition coefficient (Wildman–Crippen LogP) is 2.98. The molecule has 3 aromatic heterocycles. The minimum absolute atomic E-state index is 0.119. The summed E-state index contributed by atoms with van der Waals surface area (Å²) in [6, 6.07) is 3.93. The molecule has 0 aliphatic carbocycles. The Morgan fingerprint density at radius 1 is 1.48 bits per heavy atom. The highest BCUT2D eigenvalue weighted by molar-refractivity contribution is 7.99. The molecule has 1 N–H and O–H groups in total. The van der Waals surface area contributed by atoms with Crippen molar-refractivity contribution in [3.05, 3.63) is 33.2 Å². The van der Waals surface area contributed by atoms with Gasteiger partial charge in [0.2, 0.25) is 0 Å². The van der Waals surface area contributed by atoms with E-state index in [9.17, 15) is 9.59 Å². The molecule has 0 aliphatic rings. The molecule has 0 aromatic carbocycles. The van der Waals surface area contributed by atoms with Crippen molar-refractivity contribution in [1.82, 2.24) is 9.97 Å². The SMILES string of the molecule is COC(=O)CSc1nc2scc(-c3cccs3)c2c(=O)[nH]1. The first-order chi connectivity index (χ1) is 10.2. The molecule has 0 aliphatic heterocycles. The second kappa shape index (κ2) is 6.00. The second-order valence-electron chi connectivity index (χ2n) is 4.04. The lowest BCUT2D eigenvalue weighted by molar-refractivity contribution is -0.137. The average Bonchev–Trinajstić information content (AvgIpc) is 3.13. The van der Waals surface area contributed by atoms with Crippen molar-refractivity contribution in [2.45, 2.75) is 5.16 Å². The van der Waals surface area contributed by atoms with Gasteiger partial charge in [-0.25, -0.2) is 4.98 Å². The third-order valence-corrected chi connectivity index (χ3v) is 5.39. The predicted molar refractivity (Wildman–Crippen MR) is 86.3 cm³/mol. The maximum atomic E-state index is 12.3. The van der Waals surface area contributed by atoms with E-state index in [1.165, 1.54) is 18.4 Å². The second-order valence-corrected chi connectivity index (χ2v) is 6.81. The molecule has 0 bridgehead atoms. The number of aromatic nitrogens is 2. The van der Waals surface area contributed by atoms with Crippen molar-refractivity contribution in [2.75, 3.05) is 12.9 Å². The number of methoxy groups -OCH3 is 1. The summed E-state index contributed by atoms with van der Waals surface area (Å²) in [5.41, 5.74) is 0.722. The molecule has 0 saturated carbocycles. The first-order valence-electron chi connectivity index (χ1n) is 5.94. The van der Waals surface area contributed by atoms with Crippen molar-refractivity contribution in [3.63, 3.8) is 0 Å². The van der Waals surface area contributed by atoms with Crippen molar-refractivity contribution >= 4 is 50.6 Å². The molecular weight excluding hydrogens is 328 g/mol. The quantitative estimate of drug-likeness (QED) is 0.450. The van der Waals surface area contributed by atoms with Gasteiger partial charge < -0.3 is 9.72 Å². The zero-order chi connectivity index (χ0) is 14.8. The number of thiophene rings is 2. The molecule has 0 spiro atoms. The van der Waals surface area contributed by atoms with Gasteiger partial charge in [0.15, 0.2) is 5.16 Å². The fourth-order valence-corrected chi connectivity index (χ4v) is 4.31. The highest BCUT2D eigenvalue weighted by Crippen LogP contribution is 2.33. The van der Waals surface area contributed by atoms with E-state index in [2.05, 4.69) is 14.7 Å². The van der Waals surface area contributed by atoms with Crippen LogP contribution in [0.3, 0.4) is 0 Å². The molecule has 3 aromatic rings. The van der Waals surface area contributed by atoms with E-state index in [-0.39, 0.29) is 17.3 Å². The van der Waals surface area contributed by atoms with E-state index in [1.807, 2.05) is 22.9 Å². The van der Waals surface area contributed by atoms with Gasteiger partial charge in [-0.1, -0.05) is 17.8 Å². The van der Waals surface area contributed by atoms with E-state index in [0.717, 1.165) is 22.2 Å². The first-order valence-corrected chi connectivity index (χ1v) is 8.68. The van der Waals surface area contributed by atoms with E-state index in [4.69, 9.17) is 0 Å². The van der Waals surface area contributed by atoms with Crippen molar-refractivity contribution in [2.24, 2.45) is 0 Å². The number of H-pyrrole nitrogens is 1. The summed E-state index contributed by atoms with van der Waals surface area (Å²) < 4.78 is 4.57. The highest BCUT2D eigenvalue weighted by atomic mass is 32.2. The molecule has 3 rings (SSSR count). The minimum Gasteiger partial charge on any atom is -0.468 e. The number of hydrogen-bond acceptors (Lipinski definition) is 7. The van der Waals surface area contributed by atoms with E-state index < -0.39 is 0 Å². The number of carbonyl (C=O) groups excluding carboxylic acids is 1. The van der Waals surface area contributed by atoms with Crippen LogP contribution in [0.2, 0.25) is 0 Å². The molecule has 3 heterocycles. The van der Waals surface area contributed by atoms with Gasteiger partial charge in [0.05, 0.1) is 18.2 Å². The topological polar surface area (TPSA) is 72.0 Å². The van der Waals surface area contributed by atoms with Crippen LogP contribution in [-0.4, -0.2) is 28.8 Å². The molecule has 0 atom stereocenters. The lowest BCUT2D eigenvalue weighted by Gasteiger charge is -2.00. The molecule has 21 heavy (non-hydrogen) atoms. The number of ether oxygens (including phenoxy) is 1. The zero-order valence-corrected chi connectivity index (χ0v) is 13.4. The van der Waals surface area contributed by atoms with Crippen LogP contribution in [-0.2, 0) is 9.53 Å². The largest absolute Gasteiger partial charge is 0.468 e. The third-order valence-electron chi connectivity index (χ3n) is 2.76. The van der Waals surface area contributed by atoms with Crippen LogP contribution in [0.4, 0.5) is 0 Å². The van der Waals surface area contributed by atoms with Gasteiger partial charge in [-0.2, -0.15) is 0 Å². The maximum Gasteiger partial charge on any atom is 0.316 e. The fraction of sp³-hybridized carbons (Fsp3) is 0.154. The molecule has 0 saturated heterocycles. The number of esters is 1. The molecule has 108 valence electrons. The summed E-state index contributed by atoms with van der Waals surface area (Å²) >= 11 is 4.17. The van der Waals surface area contributed by atoms with Gasteiger partial charge in [0.1, 0.15) is 4.83 Å². The molecular formula is C13H10N2O3S3. The van der Waals surface area contributed by atoms with Crippen LogP contribution in [0, 0.1) is 0 Å². The summed E-state index contributed by atoms with van der Waals surface area (Å²) in [6.45, 7) is 0. The average molecular weight is 338 g/mol. The van der Waals surface area contributed by atoms with Crippen molar-refractivity contribution in [1.29, 1.82) is 0 Å². The summed E-state index contributed by atoms with van der Waals surface area (Å²) in [4.78, 5) is 32.2. The van der Waals surface area contributed by atoms with E-state index in [0.29, 0.717) is 15.4 Å². The monoisotopic (exact) mass is 338 g/mol. The Labute approximate surface area is 132 Å². The van der Waals surface area contributed by atoms with Crippen LogP contribution in [0.25, 0.3) is 20.7 Å². The number of fused-ring (bicyclic) bond motifs is 1. The highest BCUT2D eigenvalue weighted by Gasteiger charge is 2.14. The Morgan fingerprint density at radius 2 is 2.33 bits per heavy atom. The lowest BCUT2D eigenvalue weighted by atomic mass is 10.2. The van der Waals surface area contributed by atoms with Gasteiger partial charge in [-0.15, -0.1) is 22.7 Å². The third kappa shape index (κ3) is 2.87. The van der Waals surface area contributed by atoms with Crippen LogP contribution >= 0.6 is 34.4 Å². The molecule has 0 unspecified atom stereocenters. The lowest BCUT2D eigenvalue weighted by Crippen LogP contribution is -2.10. The molecule has 0 radical (unpaired) electrons. The number of hydrogen-bond donors (Lipinski definition) is 1. The van der Waals surface area contributed by atoms with Crippen molar-refractivity contribution < 1.29 is 9.53 Å². The molecule has 0 amide bonds. The minimum atomic E-state index is -0.354. The number of nitrogens with zero attached hydrogens (tertiary/aromatic N) is 1.